The highest BCUT2D eigenvalue weighted by Crippen LogP contribution is 2.43. The van der Waals surface area contributed by atoms with Crippen LogP contribution in [0.1, 0.15) is 22.7 Å². The standard InChI is InChI=1S/C16H12FN9O3/c1-29-13-8(17)2-6(3-9(13)26(27)28)12-10-11(20)7(4-18)14(21)24-15(10)25-16(23-12)22-5-19/h2-3,12H,1H3,(H6,20,21,22,23,24,25). The average molecular weight is 397 g/mol. The zero-order valence-electron chi connectivity index (χ0n) is 14.7. The maximum atomic E-state index is 14.5. The van der Waals surface area contributed by atoms with Gasteiger partial charge in [0.2, 0.25) is 11.7 Å². The van der Waals surface area contributed by atoms with Crippen molar-refractivity contribution in [3.63, 3.8) is 0 Å². The van der Waals surface area contributed by atoms with E-state index in [4.69, 9.17) is 21.5 Å². The van der Waals surface area contributed by atoms with Crippen molar-refractivity contribution >= 4 is 29.0 Å². The third-order valence-electron chi connectivity index (χ3n) is 4.12. The summed E-state index contributed by atoms with van der Waals surface area (Å²) in [5.41, 5.74) is 11.2. The zero-order chi connectivity index (χ0) is 21.3. The molecule has 1 atom stereocenters. The van der Waals surface area contributed by atoms with Crippen LogP contribution >= 0.6 is 0 Å². The second-order valence-electron chi connectivity index (χ2n) is 5.71. The molecule has 1 aromatic carbocycles. The van der Waals surface area contributed by atoms with Gasteiger partial charge in [0, 0.05) is 11.6 Å². The Morgan fingerprint density at radius 1 is 1.41 bits per heavy atom. The molecule has 0 spiro atoms. The Morgan fingerprint density at radius 3 is 2.72 bits per heavy atom. The molecule has 29 heavy (non-hydrogen) atoms. The van der Waals surface area contributed by atoms with Gasteiger partial charge in [0.15, 0.2) is 12.0 Å². The molecule has 2 aromatic rings. The Morgan fingerprint density at radius 2 is 2.14 bits per heavy atom. The summed E-state index contributed by atoms with van der Waals surface area (Å²) in [6.45, 7) is 0. The number of rotatable bonds is 3. The van der Waals surface area contributed by atoms with Crippen molar-refractivity contribution in [1.29, 1.82) is 10.5 Å². The first-order valence-electron chi connectivity index (χ1n) is 7.83. The van der Waals surface area contributed by atoms with Crippen LogP contribution in [0.2, 0.25) is 0 Å². The van der Waals surface area contributed by atoms with Crippen LogP contribution in [0.25, 0.3) is 0 Å². The Balaban J connectivity index is 2.31. The van der Waals surface area contributed by atoms with E-state index in [1.54, 1.807) is 6.19 Å². The molecule has 6 N–H and O–H groups in total. The molecule has 3 rings (SSSR count). The maximum absolute atomic E-state index is 14.5. The van der Waals surface area contributed by atoms with Crippen LogP contribution in [0.4, 0.5) is 27.4 Å². The summed E-state index contributed by atoms with van der Waals surface area (Å²) >= 11 is 0. The number of nitriles is 2. The summed E-state index contributed by atoms with van der Waals surface area (Å²) in [6, 6.07) is 2.75. The molecule has 1 unspecified atom stereocenters. The van der Waals surface area contributed by atoms with Crippen LogP contribution in [0.15, 0.2) is 17.1 Å². The van der Waals surface area contributed by atoms with Crippen LogP contribution in [0, 0.1) is 38.7 Å². The highest BCUT2D eigenvalue weighted by Gasteiger charge is 2.32. The molecule has 0 saturated heterocycles. The molecule has 2 heterocycles. The van der Waals surface area contributed by atoms with E-state index in [1.165, 1.54) is 0 Å². The van der Waals surface area contributed by atoms with E-state index in [0.29, 0.717) is 0 Å². The van der Waals surface area contributed by atoms with E-state index < -0.39 is 28.2 Å². The van der Waals surface area contributed by atoms with Crippen LogP contribution in [-0.4, -0.2) is 23.0 Å². The number of aliphatic imine (C=N–C) groups is 1. The number of aromatic nitrogens is 1. The van der Waals surface area contributed by atoms with E-state index in [9.17, 15) is 19.8 Å². The number of nitro groups is 1. The van der Waals surface area contributed by atoms with Gasteiger partial charge in [0.25, 0.3) is 0 Å². The van der Waals surface area contributed by atoms with E-state index >= 15 is 0 Å². The van der Waals surface area contributed by atoms with Crippen molar-refractivity contribution in [3.8, 4) is 18.0 Å². The molecule has 1 aliphatic heterocycles. The van der Waals surface area contributed by atoms with Gasteiger partial charge in [-0.2, -0.15) is 10.5 Å². The molecule has 0 amide bonds. The number of ether oxygens (including phenoxy) is 1. The predicted molar refractivity (Wildman–Crippen MR) is 99.0 cm³/mol. The zero-order valence-corrected chi connectivity index (χ0v) is 14.7. The highest BCUT2D eigenvalue weighted by atomic mass is 19.1. The largest absolute Gasteiger partial charge is 0.488 e. The van der Waals surface area contributed by atoms with Gasteiger partial charge in [0.05, 0.1) is 17.7 Å². The highest BCUT2D eigenvalue weighted by molar-refractivity contribution is 5.98. The van der Waals surface area contributed by atoms with Gasteiger partial charge in [-0.25, -0.2) is 14.4 Å². The molecule has 0 saturated carbocycles. The van der Waals surface area contributed by atoms with E-state index in [1.807, 2.05) is 6.07 Å². The molecular formula is C16H12FN9O3. The van der Waals surface area contributed by atoms with Crippen molar-refractivity contribution in [2.75, 3.05) is 23.9 Å². The number of benzene rings is 1. The van der Waals surface area contributed by atoms with Crippen molar-refractivity contribution in [2.24, 2.45) is 4.99 Å². The molecule has 13 heteroatoms. The number of anilines is 3. The molecule has 0 radical (unpaired) electrons. The van der Waals surface area contributed by atoms with Gasteiger partial charge in [-0.3, -0.25) is 15.4 Å². The first-order valence-corrected chi connectivity index (χ1v) is 7.83. The Hall–Kier alpha value is -4.65. The lowest BCUT2D eigenvalue weighted by atomic mass is 9.94. The smallest absolute Gasteiger partial charge is 0.314 e. The molecular weight excluding hydrogens is 385 g/mol. The van der Waals surface area contributed by atoms with Gasteiger partial charge < -0.3 is 21.5 Å². The van der Waals surface area contributed by atoms with Gasteiger partial charge in [0.1, 0.15) is 29.3 Å². The third kappa shape index (κ3) is 3.13. The molecule has 1 aliphatic rings. The van der Waals surface area contributed by atoms with Gasteiger partial charge in [-0.05, 0) is 11.6 Å². The van der Waals surface area contributed by atoms with Crippen LogP contribution in [0.5, 0.6) is 5.75 Å². The van der Waals surface area contributed by atoms with Crippen LogP contribution in [0.3, 0.4) is 0 Å². The maximum Gasteiger partial charge on any atom is 0.314 e. The lowest BCUT2D eigenvalue weighted by Gasteiger charge is -2.26. The molecule has 12 nitrogen and oxygen atoms in total. The number of nitrogens with two attached hydrogens (primary N) is 2. The molecule has 0 aliphatic carbocycles. The normalized spacial score (nSPS) is 14.5. The number of nitrogens with one attached hydrogen (secondary N) is 2. The number of nitrogen functional groups attached to an aromatic ring is 2. The SMILES string of the molecule is COc1c(F)cc(C2N=C(NC#N)Nc3nc(N)c(C#N)c(N)c32)cc1[N+](=O)[O-]. The van der Waals surface area contributed by atoms with Crippen LogP contribution in [-0.2, 0) is 0 Å². The summed E-state index contributed by atoms with van der Waals surface area (Å²) in [5.74, 6) is -1.71. The van der Waals surface area contributed by atoms with Crippen LogP contribution < -0.4 is 26.8 Å². The quantitative estimate of drug-likeness (QED) is 0.251. The monoisotopic (exact) mass is 397 g/mol. The topological polar surface area (TPSA) is 201 Å². The second-order valence-corrected chi connectivity index (χ2v) is 5.71. The molecule has 0 bridgehead atoms. The number of guanidine groups is 1. The summed E-state index contributed by atoms with van der Waals surface area (Å²) in [5, 5.41) is 34.5. The molecule has 1 aromatic heterocycles. The summed E-state index contributed by atoms with van der Waals surface area (Å²) in [6.07, 6.45) is 1.66. The third-order valence-corrected chi connectivity index (χ3v) is 4.12. The van der Waals surface area contributed by atoms with Crippen molar-refractivity contribution in [2.45, 2.75) is 6.04 Å². The number of nitrogens with zero attached hydrogens (tertiary/aromatic N) is 5. The number of hydrogen-bond donors (Lipinski definition) is 4. The Labute approximate surface area is 162 Å². The summed E-state index contributed by atoms with van der Waals surface area (Å²) in [7, 11) is 1.10. The number of nitro benzene ring substituents is 1. The number of fused-ring (bicyclic) bond motifs is 1. The lowest BCUT2D eigenvalue weighted by molar-refractivity contribution is -0.386. The molecule has 0 fully saturated rings. The average Bonchev–Trinajstić information content (AvgIpc) is 2.67. The predicted octanol–water partition coefficient (Wildman–Crippen LogP) is 1.12. The Bertz CT molecular complexity index is 1150. The van der Waals surface area contributed by atoms with E-state index in [2.05, 4.69) is 20.6 Å². The van der Waals surface area contributed by atoms with Crippen molar-refractivity contribution in [3.05, 3.63) is 44.8 Å². The number of hydrogen-bond acceptors (Lipinski definition) is 11. The van der Waals surface area contributed by atoms with Gasteiger partial charge in [-0.15, -0.1) is 0 Å². The minimum atomic E-state index is -1.12. The minimum absolute atomic E-state index is 0.0251. The summed E-state index contributed by atoms with van der Waals surface area (Å²) < 4.78 is 19.2. The lowest BCUT2D eigenvalue weighted by Crippen LogP contribution is -2.32. The first kappa shape index (κ1) is 19.1. The first-order chi connectivity index (χ1) is 13.8. The fourth-order valence-corrected chi connectivity index (χ4v) is 2.92. The minimum Gasteiger partial charge on any atom is -0.488 e. The van der Waals surface area contributed by atoms with Gasteiger partial charge >= 0.3 is 5.69 Å². The number of methoxy groups -OCH3 is 1. The number of pyridine rings is 1. The van der Waals surface area contributed by atoms with E-state index in [0.717, 1.165) is 19.2 Å². The summed E-state index contributed by atoms with van der Waals surface area (Å²) in [4.78, 5) is 18.8. The molecule has 146 valence electrons. The fraction of sp³-hybridized carbons (Fsp3) is 0.125. The Kier molecular flexibility index (Phi) is 4.72. The van der Waals surface area contributed by atoms with Crippen molar-refractivity contribution in [1.82, 2.24) is 10.3 Å². The number of halogens is 1. The van der Waals surface area contributed by atoms with Gasteiger partial charge in [-0.1, -0.05) is 0 Å². The fourth-order valence-electron chi connectivity index (χ4n) is 2.92. The second kappa shape index (κ2) is 7.16. The van der Waals surface area contributed by atoms with E-state index in [-0.39, 0.29) is 40.0 Å². The van der Waals surface area contributed by atoms with Crippen molar-refractivity contribution < 1.29 is 14.1 Å².